The van der Waals surface area contributed by atoms with Gasteiger partial charge in [0.15, 0.2) is 0 Å². The smallest absolute Gasteiger partial charge is 0.270 e. The Hall–Kier alpha value is -1.75. The van der Waals surface area contributed by atoms with Gasteiger partial charge in [-0.25, -0.2) is 8.42 Å². The third-order valence-corrected chi connectivity index (χ3v) is 6.37. The Bertz CT molecular complexity index is 778. The number of nitro groups is 1. The van der Waals surface area contributed by atoms with E-state index in [9.17, 15) is 23.3 Å². The van der Waals surface area contributed by atoms with E-state index in [0.717, 1.165) is 6.07 Å². The predicted octanol–water partition coefficient (Wildman–Crippen LogP) is 0.753. The monoisotopic (exact) mass is 406 g/mol. The molecule has 1 saturated heterocycles. The lowest BCUT2D eigenvalue weighted by molar-refractivity contribution is -0.385. The maximum Gasteiger partial charge on any atom is 0.270 e. The van der Waals surface area contributed by atoms with Gasteiger partial charge in [0.2, 0.25) is 15.9 Å². The fourth-order valence-corrected chi connectivity index (χ4v) is 4.35. The number of carbonyl (C=O) groups excluding carboxylic acids is 1. The Morgan fingerprint density at radius 3 is 2.38 bits per heavy atom. The number of carbonyl (C=O) groups is 1. The lowest BCUT2D eigenvalue weighted by Gasteiger charge is -2.35. The number of sulfonamides is 1. The van der Waals surface area contributed by atoms with Crippen LogP contribution in [0.3, 0.4) is 0 Å². The quantitative estimate of drug-likeness (QED) is 0.567. The van der Waals surface area contributed by atoms with Crippen molar-refractivity contribution in [3.63, 3.8) is 0 Å². The SMILES string of the molecule is Cc1ccc([N+](=O)[O-])cc1S(=O)(=O)N1CCN(C(=O)C(C)CN)CC1.Cl. The standard InChI is InChI=1S/C15H22N4O5S.ClH/c1-11-3-4-13(19(21)22)9-14(11)25(23,24)18-7-5-17(6-8-18)15(20)12(2)10-16;/h3-4,9,12H,5-8,10,16H2,1-2H3;1H. The van der Waals surface area contributed by atoms with Crippen molar-refractivity contribution in [1.29, 1.82) is 0 Å². The molecule has 0 spiro atoms. The number of hydrogen-bond donors (Lipinski definition) is 1. The molecule has 1 unspecified atom stereocenters. The van der Waals surface area contributed by atoms with Gasteiger partial charge >= 0.3 is 0 Å². The van der Waals surface area contributed by atoms with Gasteiger partial charge in [0.1, 0.15) is 0 Å². The van der Waals surface area contributed by atoms with E-state index in [1.165, 1.54) is 16.4 Å². The van der Waals surface area contributed by atoms with E-state index in [-0.39, 0.29) is 67.5 Å². The Kier molecular flexibility index (Phi) is 7.51. The molecule has 9 nitrogen and oxygen atoms in total. The minimum Gasteiger partial charge on any atom is -0.340 e. The van der Waals surface area contributed by atoms with Crippen LogP contribution in [0.15, 0.2) is 23.1 Å². The van der Waals surface area contributed by atoms with E-state index in [1.54, 1.807) is 18.7 Å². The third-order valence-electron chi connectivity index (χ3n) is 4.33. The molecule has 0 aliphatic carbocycles. The second-order valence-electron chi connectivity index (χ2n) is 6.07. The number of rotatable bonds is 5. The van der Waals surface area contributed by atoms with Gasteiger partial charge in [-0.15, -0.1) is 12.4 Å². The fraction of sp³-hybridized carbons (Fsp3) is 0.533. The molecule has 11 heteroatoms. The molecule has 0 saturated carbocycles. The molecule has 1 heterocycles. The number of aryl methyl sites for hydroxylation is 1. The summed E-state index contributed by atoms with van der Waals surface area (Å²) in [6, 6.07) is 3.78. The number of hydrogen-bond acceptors (Lipinski definition) is 6. The Morgan fingerprint density at radius 1 is 1.31 bits per heavy atom. The van der Waals surface area contributed by atoms with Crippen molar-refractivity contribution in [2.75, 3.05) is 32.7 Å². The molecule has 0 radical (unpaired) electrons. The zero-order chi connectivity index (χ0) is 18.8. The average molecular weight is 407 g/mol. The normalized spacial score (nSPS) is 16.7. The van der Waals surface area contributed by atoms with Gasteiger partial charge in [-0.05, 0) is 12.5 Å². The highest BCUT2D eigenvalue weighted by Crippen LogP contribution is 2.25. The Labute approximate surface area is 158 Å². The van der Waals surface area contributed by atoms with E-state index in [2.05, 4.69) is 0 Å². The van der Waals surface area contributed by atoms with Crippen LogP contribution in [-0.2, 0) is 14.8 Å². The lowest BCUT2D eigenvalue weighted by atomic mass is 10.1. The number of amides is 1. The molecule has 146 valence electrons. The van der Waals surface area contributed by atoms with Crippen molar-refractivity contribution >= 4 is 34.0 Å². The number of nitrogens with two attached hydrogens (primary N) is 1. The molecule has 1 aliphatic heterocycles. The molecule has 2 rings (SSSR count). The fourth-order valence-electron chi connectivity index (χ4n) is 2.68. The minimum absolute atomic E-state index is 0. The molecule has 1 fully saturated rings. The molecule has 0 bridgehead atoms. The van der Waals surface area contributed by atoms with Crippen LogP contribution in [0.5, 0.6) is 0 Å². The van der Waals surface area contributed by atoms with E-state index in [4.69, 9.17) is 5.73 Å². The summed E-state index contributed by atoms with van der Waals surface area (Å²) in [5.41, 5.74) is 5.68. The Morgan fingerprint density at radius 2 is 1.88 bits per heavy atom. The van der Waals surface area contributed by atoms with Crippen LogP contribution in [0.4, 0.5) is 5.69 Å². The minimum atomic E-state index is -3.86. The van der Waals surface area contributed by atoms with Crippen molar-refractivity contribution in [1.82, 2.24) is 9.21 Å². The molecular formula is C15H23ClN4O5S. The maximum absolute atomic E-state index is 12.8. The largest absolute Gasteiger partial charge is 0.340 e. The molecule has 2 N–H and O–H groups in total. The average Bonchev–Trinajstić information content (AvgIpc) is 2.60. The number of nitro benzene ring substituents is 1. The van der Waals surface area contributed by atoms with Crippen molar-refractivity contribution in [3.05, 3.63) is 33.9 Å². The zero-order valence-electron chi connectivity index (χ0n) is 14.6. The number of benzene rings is 1. The summed E-state index contributed by atoms with van der Waals surface area (Å²) in [4.78, 5) is 24.0. The van der Waals surface area contributed by atoms with Gasteiger partial charge < -0.3 is 10.6 Å². The van der Waals surface area contributed by atoms with Crippen LogP contribution in [0.25, 0.3) is 0 Å². The molecule has 0 aromatic heterocycles. The topological polar surface area (TPSA) is 127 Å². The first-order valence-electron chi connectivity index (χ1n) is 7.92. The molecular weight excluding hydrogens is 384 g/mol. The van der Waals surface area contributed by atoms with E-state index >= 15 is 0 Å². The highest BCUT2D eigenvalue weighted by Gasteiger charge is 2.32. The maximum atomic E-state index is 12.8. The number of halogens is 1. The predicted molar refractivity (Wildman–Crippen MR) is 98.6 cm³/mol. The molecule has 1 atom stereocenters. The first kappa shape index (κ1) is 22.3. The summed E-state index contributed by atoms with van der Waals surface area (Å²) in [6.45, 7) is 4.41. The lowest BCUT2D eigenvalue weighted by Crippen LogP contribution is -2.52. The Balaban J connectivity index is 0.00000338. The van der Waals surface area contributed by atoms with Crippen molar-refractivity contribution in [2.45, 2.75) is 18.7 Å². The zero-order valence-corrected chi connectivity index (χ0v) is 16.3. The number of nitrogens with zero attached hydrogens (tertiary/aromatic N) is 3. The summed E-state index contributed by atoms with van der Waals surface area (Å²) < 4.78 is 26.9. The van der Waals surface area contributed by atoms with E-state index in [0.29, 0.717) is 5.56 Å². The van der Waals surface area contributed by atoms with E-state index < -0.39 is 14.9 Å². The summed E-state index contributed by atoms with van der Waals surface area (Å²) in [5.74, 6) is -0.395. The highest BCUT2D eigenvalue weighted by molar-refractivity contribution is 7.89. The van der Waals surface area contributed by atoms with Crippen LogP contribution in [0, 0.1) is 23.0 Å². The van der Waals surface area contributed by atoms with Gasteiger partial charge in [0.05, 0.1) is 9.82 Å². The van der Waals surface area contributed by atoms with Crippen LogP contribution >= 0.6 is 12.4 Å². The van der Waals surface area contributed by atoms with Crippen LogP contribution in [0.1, 0.15) is 12.5 Å². The first-order chi connectivity index (χ1) is 11.7. The molecule has 1 aliphatic rings. The van der Waals surface area contributed by atoms with Crippen molar-refractivity contribution in [2.24, 2.45) is 11.7 Å². The third kappa shape index (κ3) is 4.50. The van der Waals surface area contributed by atoms with Gasteiger partial charge in [-0.3, -0.25) is 14.9 Å². The second kappa shape index (κ2) is 8.76. The second-order valence-corrected chi connectivity index (χ2v) is 7.98. The summed E-state index contributed by atoms with van der Waals surface area (Å²) in [7, 11) is -3.86. The summed E-state index contributed by atoms with van der Waals surface area (Å²) in [5, 5.41) is 10.9. The number of piperazine rings is 1. The van der Waals surface area contributed by atoms with Crippen LogP contribution < -0.4 is 5.73 Å². The molecule has 26 heavy (non-hydrogen) atoms. The van der Waals surface area contributed by atoms with E-state index in [1.807, 2.05) is 0 Å². The highest BCUT2D eigenvalue weighted by atomic mass is 35.5. The van der Waals surface area contributed by atoms with Gasteiger partial charge in [0, 0.05) is 50.8 Å². The van der Waals surface area contributed by atoms with Gasteiger partial charge in [-0.2, -0.15) is 4.31 Å². The van der Waals surface area contributed by atoms with Crippen molar-refractivity contribution < 1.29 is 18.1 Å². The molecule has 1 aromatic rings. The number of non-ortho nitro benzene ring substituents is 1. The summed E-state index contributed by atoms with van der Waals surface area (Å²) in [6.07, 6.45) is 0. The first-order valence-corrected chi connectivity index (χ1v) is 9.36. The van der Waals surface area contributed by atoms with Gasteiger partial charge in [-0.1, -0.05) is 13.0 Å². The van der Waals surface area contributed by atoms with Crippen LogP contribution in [0.2, 0.25) is 0 Å². The molecule has 1 amide bonds. The van der Waals surface area contributed by atoms with Crippen molar-refractivity contribution in [3.8, 4) is 0 Å². The molecule has 1 aromatic carbocycles. The summed E-state index contributed by atoms with van der Waals surface area (Å²) >= 11 is 0. The van der Waals surface area contributed by atoms with Gasteiger partial charge in [0.25, 0.3) is 5.69 Å². The van der Waals surface area contributed by atoms with Crippen LogP contribution in [-0.4, -0.2) is 61.2 Å².